The van der Waals surface area contributed by atoms with Crippen LogP contribution >= 0.6 is 34.4 Å². The molecule has 0 atom stereocenters. The lowest BCUT2D eigenvalue weighted by Gasteiger charge is -2.25. The van der Waals surface area contributed by atoms with Gasteiger partial charge in [0.15, 0.2) is 4.34 Å². The Labute approximate surface area is 170 Å². The van der Waals surface area contributed by atoms with Crippen LogP contribution in [-0.4, -0.2) is 45.8 Å². The van der Waals surface area contributed by atoms with E-state index in [0.29, 0.717) is 10.9 Å². The lowest BCUT2D eigenvalue weighted by molar-refractivity contribution is -0.127. The fourth-order valence-electron chi connectivity index (χ4n) is 3.83. The average molecular weight is 423 g/mol. The van der Waals surface area contributed by atoms with Gasteiger partial charge in [0.25, 0.3) is 0 Å². The predicted octanol–water partition coefficient (Wildman–Crippen LogP) is 3.76. The third-order valence-corrected chi connectivity index (χ3v) is 8.32. The summed E-state index contributed by atoms with van der Waals surface area (Å²) in [6, 6.07) is 4.06. The van der Waals surface area contributed by atoms with E-state index in [4.69, 9.17) is 0 Å². The summed E-state index contributed by atoms with van der Waals surface area (Å²) in [6.45, 7) is 1.73. The molecular formula is C18H22N4O2S3. The second-order valence-corrected chi connectivity index (χ2v) is 10.1. The number of carbonyl (C=O) groups is 2. The molecule has 27 heavy (non-hydrogen) atoms. The van der Waals surface area contributed by atoms with E-state index in [1.807, 2.05) is 16.3 Å². The van der Waals surface area contributed by atoms with Crippen molar-refractivity contribution in [3.8, 4) is 0 Å². The minimum absolute atomic E-state index is 0.0169. The van der Waals surface area contributed by atoms with Crippen molar-refractivity contribution in [2.24, 2.45) is 0 Å². The lowest BCUT2D eigenvalue weighted by atomic mass is 9.83. The second kappa shape index (κ2) is 8.28. The molecule has 4 rings (SSSR count). The minimum atomic E-state index is -0.432. The van der Waals surface area contributed by atoms with Gasteiger partial charge in [-0.3, -0.25) is 14.9 Å². The molecule has 144 valence electrons. The van der Waals surface area contributed by atoms with E-state index in [9.17, 15) is 9.59 Å². The van der Waals surface area contributed by atoms with Crippen LogP contribution in [0.1, 0.15) is 43.4 Å². The average Bonchev–Trinajstić information content (AvgIpc) is 3.48. The van der Waals surface area contributed by atoms with Gasteiger partial charge in [0.1, 0.15) is 0 Å². The summed E-state index contributed by atoms with van der Waals surface area (Å²) in [7, 11) is 0. The van der Waals surface area contributed by atoms with Crippen LogP contribution in [0.4, 0.5) is 5.13 Å². The number of nitrogens with one attached hydrogen (secondary N) is 1. The normalized spacial score (nSPS) is 18.7. The van der Waals surface area contributed by atoms with Crippen molar-refractivity contribution in [3.05, 3.63) is 22.4 Å². The number of hydrogen-bond acceptors (Lipinski definition) is 7. The minimum Gasteiger partial charge on any atom is -0.342 e. The summed E-state index contributed by atoms with van der Waals surface area (Å²) in [5, 5.41) is 13.8. The van der Waals surface area contributed by atoms with E-state index in [1.165, 1.54) is 23.1 Å². The highest BCUT2D eigenvalue weighted by molar-refractivity contribution is 8.01. The number of thioether (sulfide) groups is 1. The van der Waals surface area contributed by atoms with Crippen LogP contribution in [0.25, 0.3) is 0 Å². The van der Waals surface area contributed by atoms with E-state index in [0.717, 1.165) is 60.8 Å². The largest absolute Gasteiger partial charge is 0.342 e. The van der Waals surface area contributed by atoms with Gasteiger partial charge in [-0.2, -0.15) is 0 Å². The maximum absolute atomic E-state index is 13.1. The fraction of sp³-hybridized carbons (Fsp3) is 0.556. The number of anilines is 1. The Kier molecular flexibility index (Phi) is 5.79. The Morgan fingerprint density at radius 3 is 2.67 bits per heavy atom. The Hall–Kier alpha value is -1.45. The maximum atomic E-state index is 13.1. The van der Waals surface area contributed by atoms with Gasteiger partial charge in [0.2, 0.25) is 16.9 Å². The predicted molar refractivity (Wildman–Crippen MR) is 110 cm³/mol. The zero-order valence-electron chi connectivity index (χ0n) is 15.0. The van der Waals surface area contributed by atoms with E-state index < -0.39 is 5.41 Å². The summed E-state index contributed by atoms with van der Waals surface area (Å²) in [4.78, 5) is 28.2. The van der Waals surface area contributed by atoms with Crippen LogP contribution in [0.5, 0.6) is 0 Å². The number of hydrogen-bond donors (Lipinski definition) is 1. The third-order valence-electron chi connectivity index (χ3n) is 5.29. The van der Waals surface area contributed by atoms with Crippen molar-refractivity contribution in [2.45, 2.75) is 48.3 Å². The Morgan fingerprint density at radius 1 is 1.19 bits per heavy atom. The number of thiophene rings is 1. The first-order valence-corrected chi connectivity index (χ1v) is 12.0. The van der Waals surface area contributed by atoms with Gasteiger partial charge in [-0.15, -0.1) is 21.5 Å². The fourth-order valence-corrected chi connectivity index (χ4v) is 6.46. The van der Waals surface area contributed by atoms with E-state index in [-0.39, 0.29) is 11.8 Å². The first kappa shape index (κ1) is 18.9. The number of likely N-dealkylation sites (tertiary alicyclic amines) is 1. The summed E-state index contributed by atoms with van der Waals surface area (Å²) in [5.74, 6) is 0.547. The van der Waals surface area contributed by atoms with E-state index >= 15 is 0 Å². The molecule has 0 aromatic carbocycles. The van der Waals surface area contributed by atoms with Crippen LogP contribution in [0.15, 0.2) is 21.9 Å². The highest BCUT2D eigenvalue weighted by atomic mass is 32.2. The third kappa shape index (κ3) is 4.05. The Bertz CT molecular complexity index is 793. The molecule has 1 aliphatic heterocycles. The number of amides is 2. The Balaban J connectivity index is 1.37. The molecule has 2 aromatic heterocycles. The quantitative estimate of drug-likeness (QED) is 0.567. The van der Waals surface area contributed by atoms with Crippen molar-refractivity contribution >= 4 is 51.4 Å². The van der Waals surface area contributed by atoms with Crippen LogP contribution in [0, 0.1) is 0 Å². The molecule has 9 heteroatoms. The standard InChI is InChI=1S/C18H22N4O2S3/c23-14(22-9-3-4-10-22)12-26-17-21-20-16(27-17)19-15(24)18(7-1-2-8-18)13-6-5-11-25-13/h5-6,11H,1-4,7-10,12H2,(H,19,20,24). The highest BCUT2D eigenvalue weighted by Gasteiger charge is 2.43. The van der Waals surface area contributed by atoms with Crippen molar-refractivity contribution < 1.29 is 9.59 Å². The van der Waals surface area contributed by atoms with E-state index in [2.05, 4.69) is 21.6 Å². The number of carbonyl (C=O) groups excluding carboxylic acids is 2. The van der Waals surface area contributed by atoms with Gasteiger partial charge < -0.3 is 4.90 Å². The Morgan fingerprint density at radius 2 is 1.96 bits per heavy atom. The molecule has 0 radical (unpaired) electrons. The highest BCUT2D eigenvalue weighted by Crippen LogP contribution is 2.44. The molecule has 1 N–H and O–H groups in total. The van der Waals surface area contributed by atoms with Gasteiger partial charge in [0.05, 0.1) is 11.2 Å². The molecule has 2 aliphatic rings. The molecule has 2 fully saturated rings. The van der Waals surface area contributed by atoms with Gasteiger partial charge in [-0.1, -0.05) is 42.0 Å². The summed E-state index contributed by atoms with van der Waals surface area (Å²) < 4.78 is 0.717. The first-order chi connectivity index (χ1) is 13.2. The smallest absolute Gasteiger partial charge is 0.237 e. The lowest BCUT2D eigenvalue weighted by Crippen LogP contribution is -2.37. The monoisotopic (exact) mass is 422 g/mol. The SMILES string of the molecule is O=C(CSc1nnc(NC(=O)C2(c3cccs3)CCCC2)s1)N1CCCC1. The van der Waals surface area contributed by atoms with Crippen molar-refractivity contribution in [1.82, 2.24) is 15.1 Å². The van der Waals surface area contributed by atoms with E-state index in [1.54, 1.807) is 11.3 Å². The topological polar surface area (TPSA) is 75.2 Å². The van der Waals surface area contributed by atoms with Crippen molar-refractivity contribution in [3.63, 3.8) is 0 Å². The van der Waals surface area contributed by atoms with Crippen LogP contribution in [0.2, 0.25) is 0 Å². The molecule has 1 saturated carbocycles. The second-order valence-electron chi connectivity index (χ2n) is 6.97. The van der Waals surface area contributed by atoms with Gasteiger partial charge in [-0.05, 0) is 37.1 Å². The van der Waals surface area contributed by atoms with Crippen LogP contribution in [0.3, 0.4) is 0 Å². The van der Waals surface area contributed by atoms with Gasteiger partial charge >= 0.3 is 0 Å². The van der Waals surface area contributed by atoms with Crippen LogP contribution in [-0.2, 0) is 15.0 Å². The van der Waals surface area contributed by atoms with Gasteiger partial charge in [0, 0.05) is 18.0 Å². The molecule has 2 amide bonds. The maximum Gasteiger partial charge on any atom is 0.237 e. The molecule has 6 nitrogen and oxygen atoms in total. The molecule has 1 saturated heterocycles. The number of rotatable bonds is 6. The molecule has 0 unspecified atom stereocenters. The summed E-state index contributed by atoms with van der Waals surface area (Å²) in [6.07, 6.45) is 6.09. The number of nitrogens with zero attached hydrogens (tertiary/aromatic N) is 3. The first-order valence-electron chi connectivity index (χ1n) is 9.27. The molecule has 0 bridgehead atoms. The molecule has 0 spiro atoms. The number of aromatic nitrogens is 2. The molecule has 3 heterocycles. The molecule has 1 aliphatic carbocycles. The van der Waals surface area contributed by atoms with Crippen molar-refractivity contribution in [1.29, 1.82) is 0 Å². The zero-order valence-corrected chi connectivity index (χ0v) is 17.4. The molecular weight excluding hydrogens is 400 g/mol. The van der Waals surface area contributed by atoms with Crippen LogP contribution < -0.4 is 5.32 Å². The molecule has 2 aromatic rings. The summed E-state index contributed by atoms with van der Waals surface area (Å²) >= 11 is 4.39. The summed E-state index contributed by atoms with van der Waals surface area (Å²) in [5.41, 5.74) is -0.432. The van der Waals surface area contributed by atoms with Gasteiger partial charge in [-0.25, -0.2) is 0 Å². The zero-order chi connectivity index (χ0) is 18.7. The van der Waals surface area contributed by atoms with Crippen molar-refractivity contribution in [2.75, 3.05) is 24.2 Å².